The number of amides is 1. The van der Waals surface area contributed by atoms with Crippen LogP contribution in [0.15, 0.2) is 0 Å². The Kier molecular flexibility index (Phi) is 5.75. The van der Waals surface area contributed by atoms with E-state index in [2.05, 4.69) is 5.32 Å². The van der Waals surface area contributed by atoms with Gasteiger partial charge in [-0.15, -0.1) is 0 Å². The summed E-state index contributed by atoms with van der Waals surface area (Å²) >= 11 is 0. The molecule has 2 N–H and O–H groups in total. The van der Waals surface area contributed by atoms with Gasteiger partial charge in [0.25, 0.3) is 0 Å². The van der Waals surface area contributed by atoms with Crippen LogP contribution < -0.4 is 5.32 Å². The summed E-state index contributed by atoms with van der Waals surface area (Å²) in [5.41, 5.74) is -0.385. The number of ether oxygens (including phenoxy) is 1. The van der Waals surface area contributed by atoms with E-state index >= 15 is 0 Å². The van der Waals surface area contributed by atoms with Gasteiger partial charge in [-0.3, -0.25) is 0 Å². The molecule has 0 aromatic carbocycles. The topological polar surface area (TPSA) is 58.6 Å². The molecule has 0 heterocycles. The van der Waals surface area contributed by atoms with Gasteiger partial charge in [0, 0.05) is 13.2 Å². The molecule has 1 amide bonds. The largest absolute Gasteiger partial charge is 0.443 e. The minimum absolute atomic E-state index is 0.0896. The quantitative estimate of drug-likeness (QED) is 0.729. The van der Waals surface area contributed by atoms with Crippen LogP contribution in [0.25, 0.3) is 0 Å². The van der Waals surface area contributed by atoms with Gasteiger partial charge < -0.3 is 15.2 Å². The lowest BCUT2D eigenvalue weighted by atomic mass is 9.79. The van der Waals surface area contributed by atoms with Gasteiger partial charge >= 0.3 is 6.09 Å². The Hall–Kier alpha value is -0.770. The molecule has 0 aromatic rings. The number of nitrogens with one attached hydrogen (secondary N) is 1. The number of hydrogen-bond acceptors (Lipinski definition) is 3. The smallest absolute Gasteiger partial charge is 0.407 e. The fraction of sp³-hybridized carbons (Fsp3) is 0.923. The van der Waals surface area contributed by atoms with Gasteiger partial charge in [0.05, 0.1) is 0 Å². The molecule has 100 valence electrons. The maximum absolute atomic E-state index is 11.6. The Morgan fingerprint density at radius 3 is 2.59 bits per heavy atom. The molecule has 0 radical (unpaired) electrons. The van der Waals surface area contributed by atoms with Crippen molar-refractivity contribution < 1.29 is 14.6 Å². The third kappa shape index (κ3) is 4.94. The third-order valence-corrected chi connectivity index (χ3v) is 3.55. The zero-order valence-corrected chi connectivity index (χ0v) is 11.0. The molecule has 17 heavy (non-hydrogen) atoms. The van der Waals surface area contributed by atoms with Crippen molar-refractivity contribution in [2.75, 3.05) is 13.2 Å². The number of rotatable bonds is 5. The van der Waals surface area contributed by atoms with Crippen molar-refractivity contribution in [2.24, 2.45) is 5.92 Å². The highest BCUT2D eigenvalue weighted by atomic mass is 16.6. The molecule has 0 bridgehead atoms. The Labute approximate surface area is 104 Å². The Morgan fingerprint density at radius 2 is 2.00 bits per heavy atom. The molecule has 0 aliphatic heterocycles. The Bertz CT molecular complexity index is 235. The van der Waals surface area contributed by atoms with E-state index in [0.717, 1.165) is 12.8 Å². The second-order valence-corrected chi connectivity index (χ2v) is 5.33. The van der Waals surface area contributed by atoms with Crippen LogP contribution in [0.1, 0.15) is 52.4 Å². The zero-order chi connectivity index (χ0) is 12.7. The maximum atomic E-state index is 11.6. The lowest BCUT2D eigenvalue weighted by Crippen LogP contribution is -2.41. The molecule has 1 rings (SSSR count). The van der Waals surface area contributed by atoms with Crippen molar-refractivity contribution in [3.63, 3.8) is 0 Å². The van der Waals surface area contributed by atoms with E-state index in [9.17, 15) is 4.79 Å². The SMILES string of the molecule is CC(C)(OC(=O)NCCCO)C1CCCCC1. The van der Waals surface area contributed by atoms with Crippen molar-refractivity contribution in [1.29, 1.82) is 0 Å². The lowest BCUT2D eigenvalue weighted by Gasteiger charge is -2.36. The molecule has 0 aromatic heterocycles. The van der Waals surface area contributed by atoms with Gasteiger partial charge in [0.2, 0.25) is 0 Å². The predicted molar refractivity (Wildman–Crippen MR) is 66.8 cm³/mol. The molecule has 1 fully saturated rings. The first-order valence-electron chi connectivity index (χ1n) is 6.64. The Balaban J connectivity index is 2.33. The van der Waals surface area contributed by atoms with Gasteiger partial charge in [-0.05, 0) is 39.0 Å². The first-order chi connectivity index (χ1) is 8.06. The third-order valence-electron chi connectivity index (χ3n) is 3.55. The standard InChI is InChI=1S/C13H25NO3/c1-13(2,11-7-4-3-5-8-11)17-12(16)14-9-6-10-15/h11,15H,3-10H2,1-2H3,(H,14,16). The molecule has 0 saturated heterocycles. The van der Waals surface area contributed by atoms with Crippen LogP contribution in [0, 0.1) is 5.92 Å². The molecule has 4 nitrogen and oxygen atoms in total. The van der Waals surface area contributed by atoms with E-state index in [1.54, 1.807) is 0 Å². The highest BCUT2D eigenvalue weighted by Gasteiger charge is 2.33. The van der Waals surface area contributed by atoms with Crippen LogP contribution in [0.3, 0.4) is 0 Å². The lowest BCUT2D eigenvalue weighted by molar-refractivity contribution is -0.0185. The highest BCUT2D eigenvalue weighted by molar-refractivity contribution is 5.67. The molecule has 1 aliphatic carbocycles. The van der Waals surface area contributed by atoms with E-state index in [0.29, 0.717) is 18.9 Å². The number of hydrogen-bond donors (Lipinski definition) is 2. The summed E-state index contributed by atoms with van der Waals surface area (Å²) in [6, 6.07) is 0. The summed E-state index contributed by atoms with van der Waals surface area (Å²) in [6.07, 6.45) is 6.28. The predicted octanol–water partition coefficient (Wildman–Crippen LogP) is 2.45. The molecule has 1 aliphatic rings. The van der Waals surface area contributed by atoms with Gasteiger partial charge in [-0.2, -0.15) is 0 Å². The Morgan fingerprint density at radius 1 is 1.35 bits per heavy atom. The van der Waals surface area contributed by atoms with Gasteiger partial charge in [0.1, 0.15) is 5.60 Å². The summed E-state index contributed by atoms with van der Waals surface area (Å²) < 4.78 is 5.49. The van der Waals surface area contributed by atoms with Crippen molar-refractivity contribution in [3.05, 3.63) is 0 Å². The van der Waals surface area contributed by atoms with E-state index in [-0.39, 0.29) is 18.3 Å². The number of carbonyl (C=O) groups excluding carboxylic acids is 1. The summed E-state index contributed by atoms with van der Waals surface area (Å²) in [4.78, 5) is 11.6. The molecule has 0 unspecified atom stereocenters. The molecule has 4 heteroatoms. The molecular weight excluding hydrogens is 218 g/mol. The number of carbonyl (C=O) groups is 1. The van der Waals surface area contributed by atoms with Gasteiger partial charge in [0.15, 0.2) is 0 Å². The number of aliphatic hydroxyl groups is 1. The maximum Gasteiger partial charge on any atom is 0.407 e. The molecule has 0 atom stereocenters. The van der Waals surface area contributed by atoms with Crippen LogP contribution in [0.4, 0.5) is 4.79 Å². The van der Waals surface area contributed by atoms with Crippen molar-refractivity contribution in [1.82, 2.24) is 5.32 Å². The number of alkyl carbamates (subject to hydrolysis) is 1. The van der Waals surface area contributed by atoms with E-state index in [4.69, 9.17) is 9.84 Å². The van der Waals surface area contributed by atoms with Crippen LogP contribution in [-0.2, 0) is 4.74 Å². The average molecular weight is 243 g/mol. The van der Waals surface area contributed by atoms with Crippen molar-refractivity contribution >= 4 is 6.09 Å². The highest BCUT2D eigenvalue weighted by Crippen LogP contribution is 2.34. The summed E-state index contributed by atoms with van der Waals surface area (Å²) in [5.74, 6) is 0.472. The second-order valence-electron chi connectivity index (χ2n) is 5.33. The zero-order valence-electron chi connectivity index (χ0n) is 11.0. The van der Waals surface area contributed by atoms with Crippen LogP contribution in [-0.4, -0.2) is 30.0 Å². The molecular formula is C13H25NO3. The average Bonchev–Trinajstić information content (AvgIpc) is 2.30. The van der Waals surface area contributed by atoms with E-state index in [1.165, 1.54) is 19.3 Å². The minimum Gasteiger partial charge on any atom is -0.443 e. The monoisotopic (exact) mass is 243 g/mol. The van der Waals surface area contributed by atoms with Crippen molar-refractivity contribution in [3.8, 4) is 0 Å². The van der Waals surface area contributed by atoms with Crippen LogP contribution in [0.5, 0.6) is 0 Å². The minimum atomic E-state index is -0.385. The fourth-order valence-electron chi connectivity index (χ4n) is 2.43. The summed E-state index contributed by atoms with van der Waals surface area (Å²) in [7, 11) is 0. The summed E-state index contributed by atoms with van der Waals surface area (Å²) in [6.45, 7) is 4.55. The van der Waals surface area contributed by atoms with Gasteiger partial charge in [-0.25, -0.2) is 4.79 Å². The van der Waals surface area contributed by atoms with E-state index < -0.39 is 0 Å². The molecule has 1 saturated carbocycles. The molecule has 0 spiro atoms. The van der Waals surface area contributed by atoms with Gasteiger partial charge in [-0.1, -0.05) is 19.3 Å². The van der Waals surface area contributed by atoms with E-state index in [1.807, 2.05) is 13.8 Å². The van der Waals surface area contributed by atoms with Crippen molar-refractivity contribution in [2.45, 2.75) is 58.0 Å². The number of aliphatic hydroxyl groups excluding tert-OH is 1. The normalized spacial score (nSPS) is 17.8. The fourth-order valence-corrected chi connectivity index (χ4v) is 2.43. The second kappa shape index (κ2) is 6.84. The van der Waals surface area contributed by atoms with Crippen LogP contribution in [0.2, 0.25) is 0 Å². The summed E-state index contributed by atoms with van der Waals surface area (Å²) in [5, 5.41) is 11.3. The van der Waals surface area contributed by atoms with Crippen LogP contribution >= 0.6 is 0 Å². The first kappa shape index (κ1) is 14.3. The first-order valence-corrected chi connectivity index (χ1v) is 6.64.